The minimum absolute atomic E-state index is 0.155. The van der Waals surface area contributed by atoms with Crippen LogP contribution in [-0.2, 0) is 10.0 Å². The fourth-order valence-corrected chi connectivity index (χ4v) is 4.55. The lowest BCUT2D eigenvalue weighted by molar-refractivity contribution is -0.0904. The molecule has 0 aliphatic carbocycles. The summed E-state index contributed by atoms with van der Waals surface area (Å²) in [4.78, 5) is 0.155. The zero-order valence-electron chi connectivity index (χ0n) is 12.4. The molecule has 2 rings (SSSR count). The van der Waals surface area contributed by atoms with E-state index < -0.39 is 22.4 Å². The van der Waals surface area contributed by atoms with Gasteiger partial charge in [0.2, 0.25) is 10.0 Å². The molecule has 6 heteroatoms. The van der Waals surface area contributed by atoms with Crippen LogP contribution in [0.4, 0.5) is 0 Å². The van der Waals surface area contributed by atoms with E-state index in [1.54, 1.807) is 24.3 Å². The molecule has 0 saturated carbocycles. The minimum atomic E-state index is -3.81. The number of piperidine rings is 1. The van der Waals surface area contributed by atoms with Crippen molar-refractivity contribution in [2.24, 2.45) is 0 Å². The van der Waals surface area contributed by atoms with Crippen LogP contribution < -0.4 is 0 Å². The molecule has 1 aromatic rings. The standard InChI is InChI=1S/C15H23NO4S/c1-3-4-12-7-10-14(17)15(18)16(12)21(19,20)13-8-5-11(2)6-9-13/h5-6,8-9,12,14-15,17-18H,3-4,7,10H2,1-2H3/t12-,14+,15+/m1/s1. The quantitative estimate of drug-likeness (QED) is 0.885. The molecule has 21 heavy (non-hydrogen) atoms. The number of benzene rings is 1. The van der Waals surface area contributed by atoms with Crippen molar-refractivity contribution in [1.82, 2.24) is 4.31 Å². The molecule has 1 heterocycles. The predicted octanol–water partition coefficient (Wildman–Crippen LogP) is 1.63. The molecule has 0 bridgehead atoms. The maximum atomic E-state index is 12.8. The van der Waals surface area contributed by atoms with E-state index in [0.717, 1.165) is 16.3 Å². The molecule has 0 spiro atoms. The Morgan fingerprint density at radius 2 is 1.81 bits per heavy atom. The van der Waals surface area contributed by atoms with Crippen molar-refractivity contribution in [3.63, 3.8) is 0 Å². The highest BCUT2D eigenvalue weighted by molar-refractivity contribution is 7.89. The predicted molar refractivity (Wildman–Crippen MR) is 80.1 cm³/mol. The molecule has 1 aliphatic heterocycles. The van der Waals surface area contributed by atoms with Crippen LogP contribution in [0.15, 0.2) is 29.2 Å². The molecule has 0 aromatic heterocycles. The van der Waals surface area contributed by atoms with E-state index in [9.17, 15) is 18.6 Å². The smallest absolute Gasteiger partial charge is 0.245 e. The van der Waals surface area contributed by atoms with Gasteiger partial charge in [0.1, 0.15) is 6.23 Å². The number of rotatable bonds is 4. The number of hydrogen-bond donors (Lipinski definition) is 2. The molecule has 0 unspecified atom stereocenters. The third kappa shape index (κ3) is 3.29. The van der Waals surface area contributed by atoms with Crippen molar-refractivity contribution >= 4 is 10.0 Å². The van der Waals surface area contributed by atoms with E-state index in [4.69, 9.17) is 0 Å². The zero-order valence-corrected chi connectivity index (χ0v) is 13.3. The van der Waals surface area contributed by atoms with Gasteiger partial charge in [-0.1, -0.05) is 31.0 Å². The van der Waals surface area contributed by atoms with Gasteiger partial charge in [-0.2, -0.15) is 4.31 Å². The summed E-state index contributed by atoms with van der Waals surface area (Å²) in [6, 6.07) is 6.28. The van der Waals surface area contributed by atoms with Gasteiger partial charge in [-0.25, -0.2) is 8.42 Å². The van der Waals surface area contributed by atoms with Gasteiger partial charge < -0.3 is 10.2 Å². The van der Waals surface area contributed by atoms with Crippen molar-refractivity contribution in [3.8, 4) is 0 Å². The zero-order chi connectivity index (χ0) is 15.6. The maximum absolute atomic E-state index is 12.8. The Kier molecular flexibility index (Phi) is 5.03. The molecular formula is C15H23NO4S. The van der Waals surface area contributed by atoms with E-state index in [2.05, 4.69) is 0 Å². The third-order valence-electron chi connectivity index (χ3n) is 3.98. The second kappa shape index (κ2) is 6.44. The summed E-state index contributed by atoms with van der Waals surface area (Å²) in [7, 11) is -3.81. The molecule has 1 fully saturated rings. The number of aliphatic hydroxyl groups is 2. The lowest BCUT2D eigenvalue weighted by atomic mass is 9.98. The molecule has 5 nitrogen and oxygen atoms in total. The first kappa shape index (κ1) is 16.4. The molecule has 3 atom stereocenters. The number of aliphatic hydroxyl groups excluding tert-OH is 2. The summed E-state index contributed by atoms with van der Waals surface area (Å²) in [5, 5.41) is 20.0. The molecule has 1 saturated heterocycles. The van der Waals surface area contributed by atoms with Crippen molar-refractivity contribution in [3.05, 3.63) is 29.8 Å². The van der Waals surface area contributed by atoms with Gasteiger partial charge in [0.05, 0.1) is 11.0 Å². The topological polar surface area (TPSA) is 77.8 Å². The Balaban J connectivity index is 2.40. The SMILES string of the molecule is CCC[C@@H]1CC[C@H](O)[C@H](O)N1S(=O)(=O)c1ccc(C)cc1. The van der Waals surface area contributed by atoms with Crippen LogP contribution in [0.5, 0.6) is 0 Å². The van der Waals surface area contributed by atoms with Crippen LogP contribution in [0, 0.1) is 6.92 Å². The summed E-state index contributed by atoms with van der Waals surface area (Å²) in [6.45, 7) is 3.86. The van der Waals surface area contributed by atoms with E-state index >= 15 is 0 Å². The number of sulfonamides is 1. The second-order valence-electron chi connectivity index (χ2n) is 5.65. The largest absolute Gasteiger partial charge is 0.389 e. The van der Waals surface area contributed by atoms with E-state index in [0.29, 0.717) is 19.3 Å². The summed E-state index contributed by atoms with van der Waals surface area (Å²) < 4.78 is 26.7. The van der Waals surface area contributed by atoms with E-state index in [1.165, 1.54) is 0 Å². The fourth-order valence-electron chi connectivity index (χ4n) is 2.80. The van der Waals surface area contributed by atoms with Gasteiger partial charge in [0.25, 0.3) is 0 Å². The Bertz CT molecular complexity index is 570. The fraction of sp³-hybridized carbons (Fsp3) is 0.600. The highest BCUT2D eigenvalue weighted by Gasteiger charge is 2.42. The van der Waals surface area contributed by atoms with Crippen molar-refractivity contribution in [1.29, 1.82) is 0 Å². The minimum Gasteiger partial charge on any atom is -0.389 e. The van der Waals surface area contributed by atoms with Crippen LogP contribution in [0.25, 0.3) is 0 Å². The normalized spacial score (nSPS) is 27.7. The Hall–Kier alpha value is -0.950. The van der Waals surface area contributed by atoms with E-state index in [1.807, 2.05) is 13.8 Å². The first-order chi connectivity index (χ1) is 9.87. The molecule has 0 amide bonds. The van der Waals surface area contributed by atoms with Gasteiger partial charge in [0.15, 0.2) is 0 Å². The third-order valence-corrected chi connectivity index (χ3v) is 5.92. The Morgan fingerprint density at radius 1 is 1.19 bits per heavy atom. The summed E-state index contributed by atoms with van der Waals surface area (Å²) >= 11 is 0. The first-order valence-corrected chi connectivity index (χ1v) is 8.78. The lowest BCUT2D eigenvalue weighted by Gasteiger charge is -2.40. The lowest BCUT2D eigenvalue weighted by Crippen LogP contribution is -2.55. The summed E-state index contributed by atoms with van der Waals surface area (Å²) in [6.07, 6.45) is 0.0884. The monoisotopic (exact) mass is 313 g/mol. The van der Waals surface area contributed by atoms with Gasteiger partial charge in [-0.15, -0.1) is 0 Å². The van der Waals surface area contributed by atoms with E-state index in [-0.39, 0.29) is 10.9 Å². The number of nitrogens with zero attached hydrogens (tertiary/aromatic N) is 1. The van der Waals surface area contributed by atoms with Crippen molar-refractivity contribution in [2.75, 3.05) is 0 Å². The summed E-state index contributed by atoms with van der Waals surface area (Å²) in [5.41, 5.74) is 0.971. The highest BCUT2D eigenvalue weighted by atomic mass is 32.2. The molecular weight excluding hydrogens is 290 g/mol. The van der Waals surface area contributed by atoms with Crippen LogP contribution in [0.1, 0.15) is 38.2 Å². The molecule has 1 aromatic carbocycles. The van der Waals surface area contributed by atoms with Crippen LogP contribution in [0.3, 0.4) is 0 Å². The Labute approximate surface area is 126 Å². The molecule has 118 valence electrons. The molecule has 2 N–H and O–H groups in total. The van der Waals surface area contributed by atoms with Crippen LogP contribution in [0.2, 0.25) is 0 Å². The Morgan fingerprint density at radius 3 is 2.38 bits per heavy atom. The average molecular weight is 313 g/mol. The molecule has 1 aliphatic rings. The van der Waals surface area contributed by atoms with Gasteiger partial charge >= 0.3 is 0 Å². The first-order valence-electron chi connectivity index (χ1n) is 7.34. The van der Waals surface area contributed by atoms with Gasteiger partial charge in [-0.05, 0) is 38.3 Å². The number of hydrogen-bond acceptors (Lipinski definition) is 4. The number of aryl methyl sites for hydroxylation is 1. The van der Waals surface area contributed by atoms with Gasteiger partial charge in [-0.3, -0.25) is 0 Å². The average Bonchev–Trinajstić information content (AvgIpc) is 2.43. The van der Waals surface area contributed by atoms with Crippen LogP contribution in [-0.4, -0.2) is 41.3 Å². The highest BCUT2D eigenvalue weighted by Crippen LogP contribution is 2.31. The second-order valence-corrected chi connectivity index (χ2v) is 7.49. The van der Waals surface area contributed by atoms with Crippen molar-refractivity contribution in [2.45, 2.75) is 62.8 Å². The van der Waals surface area contributed by atoms with Gasteiger partial charge in [0, 0.05) is 6.04 Å². The maximum Gasteiger partial charge on any atom is 0.245 e. The molecule has 0 radical (unpaired) electrons. The summed E-state index contributed by atoms with van der Waals surface area (Å²) in [5.74, 6) is 0. The van der Waals surface area contributed by atoms with Crippen molar-refractivity contribution < 1.29 is 18.6 Å². The van der Waals surface area contributed by atoms with Crippen LogP contribution >= 0.6 is 0 Å².